The molecule has 2 nitrogen and oxygen atoms in total. The van der Waals surface area contributed by atoms with Crippen molar-refractivity contribution in [1.29, 1.82) is 0 Å². The molecule has 0 N–H and O–H groups in total. The van der Waals surface area contributed by atoms with Crippen LogP contribution < -0.4 is 0 Å². The van der Waals surface area contributed by atoms with E-state index in [0.29, 0.717) is 5.91 Å². The Morgan fingerprint density at radius 2 is 1.88 bits per heavy atom. The van der Waals surface area contributed by atoms with E-state index >= 15 is 0 Å². The molecule has 0 unspecified atom stereocenters. The molecule has 1 saturated heterocycles. The van der Waals surface area contributed by atoms with Crippen LogP contribution >= 0.6 is 12.6 Å². The van der Waals surface area contributed by atoms with Crippen LogP contribution in [0.4, 0.5) is 0 Å². The monoisotopic (exact) mass is 257 g/mol. The van der Waals surface area contributed by atoms with Crippen molar-refractivity contribution in [2.24, 2.45) is 5.41 Å². The minimum atomic E-state index is 0.250. The third-order valence-corrected chi connectivity index (χ3v) is 4.51. The standard InChI is InChI=1S/C14H27NOS/c1-3-8-14(12-17,9-4-2)11-15-10-6-5-7-13(15)16/h17H,3-12H2,1-2H3. The molecule has 1 amide bonds. The summed E-state index contributed by atoms with van der Waals surface area (Å²) in [6, 6.07) is 0. The van der Waals surface area contributed by atoms with E-state index in [1.54, 1.807) is 0 Å². The predicted octanol–water partition coefficient (Wildman–Crippen LogP) is 3.52. The molecule has 100 valence electrons. The highest BCUT2D eigenvalue weighted by Gasteiger charge is 2.31. The highest BCUT2D eigenvalue weighted by atomic mass is 32.1. The lowest BCUT2D eigenvalue weighted by molar-refractivity contribution is -0.135. The number of carbonyl (C=O) groups is 1. The van der Waals surface area contributed by atoms with Crippen molar-refractivity contribution in [2.45, 2.75) is 58.8 Å². The van der Waals surface area contributed by atoms with Crippen LogP contribution in [0.15, 0.2) is 0 Å². The van der Waals surface area contributed by atoms with E-state index in [-0.39, 0.29) is 5.41 Å². The predicted molar refractivity (Wildman–Crippen MR) is 76.5 cm³/mol. The third kappa shape index (κ3) is 4.20. The molecule has 0 bridgehead atoms. The van der Waals surface area contributed by atoms with Crippen LogP contribution in [0.3, 0.4) is 0 Å². The molecule has 0 aliphatic carbocycles. The molecular weight excluding hydrogens is 230 g/mol. The Morgan fingerprint density at radius 3 is 2.35 bits per heavy atom. The van der Waals surface area contributed by atoms with Gasteiger partial charge >= 0.3 is 0 Å². The summed E-state index contributed by atoms with van der Waals surface area (Å²) in [6.07, 6.45) is 7.74. The fourth-order valence-corrected chi connectivity index (χ4v) is 3.40. The highest BCUT2D eigenvalue weighted by Crippen LogP contribution is 2.33. The van der Waals surface area contributed by atoms with E-state index in [9.17, 15) is 4.79 Å². The Balaban J connectivity index is 2.65. The van der Waals surface area contributed by atoms with Crippen LogP contribution in [-0.4, -0.2) is 29.6 Å². The Bertz CT molecular complexity index is 236. The normalized spacial score (nSPS) is 17.6. The SMILES string of the molecule is CCCC(CS)(CCC)CN1CCCCC1=O. The van der Waals surface area contributed by atoms with Gasteiger partial charge in [-0.2, -0.15) is 12.6 Å². The van der Waals surface area contributed by atoms with E-state index < -0.39 is 0 Å². The number of thiol groups is 1. The summed E-state index contributed by atoms with van der Waals surface area (Å²) >= 11 is 4.56. The van der Waals surface area contributed by atoms with Gasteiger partial charge in [-0.1, -0.05) is 26.7 Å². The molecular formula is C14H27NOS. The minimum Gasteiger partial charge on any atom is -0.342 e. The second-order valence-electron chi connectivity index (χ2n) is 5.43. The first-order valence-electron chi connectivity index (χ1n) is 7.06. The maximum absolute atomic E-state index is 11.9. The molecule has 0 atom stereocenters. The Kier molecular flexibility index (Phi) is 6.39. The zero-order valence-corrected chi connectivity index (χ0v) is 12.3. The molecule has 1 fully saturated rings. The zero-order chi connectivity index (χ0) is 12.7. The Hall–Kier alpha value is -0.180. The fourth-order valence-electron chi connectivity index (χ4n) is 2.99. The number of rotatable bonds is 7. The number of likely N-dealkylation sites (tertiary alicyclic amines) is 1. The van der Waals surface area contributed by atoms with Gasteiger partial charge < -0.3 is 4.90 Å². The Morgan fingerprint density at radius 1 is 1.24 bits per heavy atom. The highest BCUT2D eigenvalue weighted by molar-refractivity contribution is 7.80. The smallest absolute Gasteiger partial charge is 0.222 e. The van der Waals surface area contributed by atoms with Gasteiger partial charge in [-0.05, 0) is 36.9 Å². The summed E-state index contributed by atoms with van der Waals surface area (Å²) in [4.78, 5) is 14.0. The van der Waals surface area contributed by atoms with Crippen LogP contribution in [0.1, 0.15) is 58.8 Å². The summed E-state index contributed by atoms with van der Waals surface area (Å²) in [6.45, 7) is 6.34. The number of hydrogen-bond acceptors (Lipinski definition) is 2. The lowest BCUT2D eigenvalue weighted by atomic mass is 9.80. The molecule has 1 heterocycles. The number of nitrogens with zero attached hydrogens (tertiary/aromatic N) is 1. The van der Waals surface area contributed by atoms with E-state index in [2.05, 4.69) is 31.4 Å². The second-order valence-corrected chi connectivity index (χ2v) is 5.75. The lowest BCUT2D eigenvalue weighted by Gasteiger charge is -2.39. The van der Waals surface area contributed by atoms with Crippen molar-refractivity contribution in [3.8, 4) is 0 Å². The molecule has 1 aliphatic heterocycles. The molecule has 1 rings (SSSR count). The third-order valence-electron chi connectivity index (χ3n) is 3.84. The molecule has 0 aromatic heterocycles. The molecule has 0 aromatic rings. The van der Waals surface area contributed by atoms with Crippen LogP contribution in [0, 0.1) is 5.41 Å². The first-order chi connectivity index (χ1) is 8.17. The van der Waals surface area contributed by atoms with Gasteiger partial charge in [0.1, 0.15) is 0 Å². The summed E-state index contributed by atoms with van der Waals surface area (Å²) in [5, 5.41) is 0. The number of carbonyl (C=O) groups excluding carboxylic acids is 1. The van der Waals surface area contributed by atoms with Crippen molar-refractivity contribution >= 4 is 18.5 Å². The van der Waals surface area contributed by atoms with Crippen LogP contribution in [0.5, 0.6) is 0 Å². The van der Waals surface area contributed by atoms with Crippen LogP contribution in [0.25, 0.3) is 0 Å². The van der Waals surface area contributed by atoms with Crippen molar-refractivity contribution in [1.82, 2.24) is 4.90 Å². The van der Waals surface area contributed by atoms with Crippen LogP contribution in [-0.2, 0) is 4.79 Å². The topological polar surface area (TPSA) is 20.3 Å². The number of hydrogen-bond donors (Lipinski definition) is 1. The van der Waals surface area contributed by atoms with Gasteiger partial charge in [0.25, 0.3) is 0 Å². The Labute approximate surface area is 112 Å². The van der Waals surface area contributed by atoms with Crippen molar-refractivity contribution in [3.63, 3.8) is 0 Å². The van der Waals surface area contributed by atoms with Crippen molar-refractivity contribution < 1.29 is 4.79 Å². The average molecular weight is 257 g/mol. The van der Waals surface area contributed by atoms with Crippen molar-refractivity contribution in [3.05, 3.63) is 0 Å². The van der Waals surface area contributed by atoms with Gasteiger partial charge in [0.15, 0.2) is 0 Å². The van der Waals surface area contributed by atoms with E-state index in [1.165, 1.54) is 32.1 Å². The van der Waals surface area contributed by atoms with Gasteiger partial charge in [0, 0.05) is 19.5 Å². The van der Waals surface area contributed by atoms with Crippen LogP contribution in [0.2, 0.25) is 0 Å². The van der Waals surface area contributed by atoms with E-state index in [1.807, 2.05) is 0 Å². The van der Waals surface area contributed by atoms with E-state index in [4.69, 9.17) is 0 Å². The summed E-state index contributed by atoms with van der Waals surface area (Å²) in [7, 11) is 0. The fraction of sp³-hybridized carbons (Fsp3) is 0.929. The molecule has 0 radical (unpaired) electrons. The van der Waals surface area contributed by atoms with Gasteiger partial charge in [-0.15, -0.1) is 0 Å². The first kappa shape index (κ1) is 14.9. The first-order valence-corrected chi connectivity index (χ1v) is 7.69. The maximum Gasteiger partial charge on any atom is 0.222 e. The lowest BCUT2D eigenvalue weighted by Crippen LogP contribution is -2.44. The molecule has 0 saturated carbocycles. The van der Waals surface area contributed by atoms with Gasteiger partial charge in [-0.3, -0.25) is 4.79 Å². The maximum atomic E-state index is 11.9. The quantitative estimate of drug-likeness (QED) is 0.692. The van der Waals surface area contributed by atoms with Crippen molar-refractivity contribution in [2.75, 3.05) is 18.8 Å². The molecule has 17 heavy (non-hydrogen) atoms. The average Bonchev–Trinajstić information content (AvgIpc) is 2.33. The van der Waals surface area contributed by atoms with Gasteiger partial charge in [0.05, 0.1) is 0 Å². The zero-order valence-electron chi connectivity index (χ0n) is 11.4. The number of amides is 1. The van der Waals surface area contributed by atoms with E-state index in [0.717, 1.165) is 31.7 Å². The molecule has 3 heteroatoms. The molecule has 0 spiro atoms. The summed E-state index contributed by atoms with van der Waals surface area (Å²) in [5.74, 6) is 1.26. The second kappa shape index (κ2) is 7.30. The summed E-state index contributed by atoms with van der Waals surface area (Å²) in [5.41, 5.74) is 0.250. The molecule has 1 aliphatic rings. The minimum absolute atomic E-state index is 0.250. The number of piperidine rings is 1. The van der Waals surface area contributed by atoms with Gasteiger partial charge in [-0.25, -0.2) is 0 Å². The summed E-state index contributed by atoms with van der Waals surface area (Å²) < 4.78 is 0. The molecule has 0 aromatic carbocycles. The van der Waals surface area contributed by atoms with Gasteiger partial charge in [0.2, 0.25) is 5.91 Å². The largest absolute Gasteiger partial charge is 0.342 e.